The van der Waals surface area contributed by atoms with Crippen LogP contribution in [0.5, 0.6) is 0 Å². The number of hydrogen-bond donors (Lipinski definition) is 2. The van der Waals surface area contributed by atoms with E-state index in [1.165, 1.54) is 0 Å². The molecule has 0 atom stereocenters. The SMILES string of the molecule is O=C(O)C1(CNc2nccn3cnnc23)CCCC1. The molecule has 2 heterocycles. The molecule has 0 radical (unpaired) electrons. The molecule has 0 saturated heterocycles. The third kappa shape index (κ3) is 2.00. The quantitative estimate of drug-likeness (QED) is 0.858. The minimum Gasteiger partial charge on any atom is -0.481 e. The first-order valence-corrected chi connectivity index (χ1v) is 6.33. The van der Waals surface area contributed by atoms with Crippen LogP contribution in [0.4, 0.5) is 5.82 Å². The minimum atomic E-state index is -0.731. The third-order valence-corrected chi connectivity index (χ3v) is 3.82. The molecule has 100 valence electrons. The van der Waals surface area contributed by atoms with Gasteiger partial charge in [0.2, 0.25) is 5.65 Å². The number of hydrogen-bond acceptors (Lipinski definition) is 5. The van der Waals surface area contributed by atoms with Crippen LogP contribution in [-0.2, 0) is 4.79 Å². The smallest absolute Gasteiger partial charge is 0.311 e. The second kappa shape index (κ2) is 4.49. The van der Waals surface area contributed by atoms with Crippen molar-refractivity contribution in [3.05, 3.63) is 18.7 Å². The fourth-order valence-corrected chi connectivity index (χ4v) is 2.65. The highest BCUT2D eigenvalue weighted by molar-refractivity contribution is 5.76. The van der Waals surface area contributed by atoms with Gasteiger partial charge in [0.1, 0.15) is 6.33 Å². The Morgan fingerprint density at radius 2 is 2.26 bits per heavy atom. The first-order chi connectivity index (χ1) is 9.21. The number of fused-ring (bicyclic) bond motifs is 1. The van der Waals surface area contributed by atoms with Gasteiger partial charge in [-0.25, -0.2) is 4.98 Å². The molecule has 1 aliphatic carbocycles. The number of aromatic nitrogens is 4. The molecule has 0 spiro atoms. The van der Waals surface area contributed by atoms with Gasteiger partial charge in [0.25, 0.3) is 0 Å². The summed E-state index contributed by atoms with van der Waals surface area (Å²) in [5.74, 6) is -0.154. The summed E-state index contributed by atoms with van der Waals surface area (Å²) in [6.45, 7) is 0.377. The van der Waals surface area contributed by atoms with E-state index in [9.17, 15) is 9.90 Å². The Balaban J connectivity index is 1.82. The van der Waals surface area contributed by atoms with Gasteiger partial charge in [-0.15, -0.1) is 10.2 Å². The first kappa shape index (κ1) is 11.9. The number of carboxylic acids is 1. The van der Waals surface area contributed by atoms with E-state index >= 15 is 0 Å². The fraction of sp³-hybridized carbons (Fsp3) is 0.500. The predicted molar refractivity (Wildman–Crippen MR) is 67.8 cm³/mol. The summed E-state index contributed by atoms with van der Waals surface area (Å²) in [4.78, 5) is 15.7. The maximum Gasteiger partial charge on any atom is 0.311 e. The van der Waals surface area contributed by atoms with Crippen LogP contribution in [0.3, 0.4) is 0 Å². The highest BCUT2D eigenvalue weighted by Gasteiger charge is 2.41. The zero-order valence-corrected chi connectivity index (χ0v) is 10.4. The second-order valence-corrected chi connectivity index (χ2v) is 4.98. The number of aliphatic carboxylic acids is 1. The molecule has 7 heteroatoms. The Hall–Kier alpha value is -2.18. The summed E-state index contributed by atoms with van der Waals surface area (Å²) in [7, 11) is 0. The summed E-state index contributed by atoms with van der Waals surface area (Å²) in [6.07, 6.45) is 8.35. The van der Waals surface area contributed by atoms with Gasteiger partial charge in [0, 0.05) is 18.9 Å². The Labute approximate surface area is 109 Å². The number of rotatable bonds is 4. The van der Waals surface area contributed by atoms with Crippen molar-refractivity contribution in [1.82, 2.24) is 19.6 Å². The van der Waals surface area contributed by atoms with Crippen LogP contribution >= 0.6 is 0 Å². The number of carboxylic acid groups (broad SMARTS) is 1. The van der Waals surface area contributed by atoms with Gasteiger partial charge in [-0.2, -0.15) is 0 Å². The van der Waals surface area contributed by atoms with Crippen LogP contribution < -0.4 is 5.32 Å². The van der Waals surface area contributed by atoms with Crippen LogP contribution in [0.1, 0.15) is 25.7 Å². The molecule has 1 fully saturated rings. The molecule has 7 nitrogen and oxygen atoms in total. The van der Waals surface area contributed by atoms with E-state index in [2.05, 4.69) is 20.5 Å². The van der Waals surface area contributed by atoms with E-state index in [1.807, 2.05) is 0 Å². The Kier molecular flexibility index (Phi) is 2.81. The molecule has 0 aliphatic heterocycles. The van der Waals surface area contributed by atoms with Crippen molar-refractivity contribution < 1.29 is 9.90 Å². The van der Waals surface area contributed by atoms with Crippen LogP contribution in [-0.4, -0.2) is 37.2 Å². The largest absolute Gasteiger partial charge is 0.481 e. The number of carbonyl (C=O) groups is 1. The molecule has 2 N–H and O–H groups in total. The van der Waals surface area contributed by atoms with Gasteiger partial charge in [-0.1, -0.05) is 12.8 Å². The average molecular weight is 261 g/mol. The predicted octanol–water partition coefficient (Wildman–Crippen LogP) is 1.18. The molecule has 0 aromatic carbocycles. The van der Waals surface area contributed by atoms with Crippen molar-refractivity contribution >= 4 is 17.4 Å². The fourth-order valence-electron chi connectivity index (χ4n) is 2.65. The lowest BCUT2D eigenvalue weighted by Gasteiger charge is -2.24. The molecular formula is C12H15N5O2. The van der Waals surface area contributed by atoms with Crippen molar-refractivity contribution in [2.45, 2.75) is 25.7 Å². The third-order valence-electron chi connectivity index (χ3n) is 3.82. The summed E-state index contributed by atoms with van der Waals surface area (Å²) in [5, 5.41) is 20.3. The summed E-state index contributed by atoms with van der Waals surface area (Å²) >= 11 is 0. The standard InChI is InChI=1S/C12H15N5O2/c18-11(19)12(3-1-2-4-12)7-14-9-10-16-15-8-17(10)6-5-13-9/h5-6,8H,1-4,7H2,(H,13,14)(H,18,19). The Bertz CT molecular complexity index is 603. The van der Waals surface area contributed by atoms with Gasteiger partial charge < -0.3 is 10.4 Å². The number of nitrogens with one attached hydrogen (secondary N) is 1. The second-order valence-electron chi connectivity index (χ2n) is 4.98. The van der Waals surface area contributed by atoms with Gasteiger partial charge >= 0.3 is 5.97 Å². The molecule has 0 amide bonds. The lowest BCUT2D eigenvalue weighted by atomic mass is 9.86. The van der Waals surface area contributed by atoms with E-state index < -0.39 is 11.4 Å². The Morgan fingerprint density at radius 1 is 1.47 bits per heavy atom. The molecule has 2 aromatic rings. The summed E-state index contributed by atoms with van der Waals surface area (Å²) in [5.41, 5.74) is -0.0600. The van der Waals surface area contributed by atoms with Gasteiger partial charge in [-0.05, 0) is 12.8 Å². The molecule has 0 unspecified atom stereocenters. The molecular weight excluding hydrogens is 246 g/mol. The lowest BCUT2D eigenvalue weighted by molar-refractivity contribution is -0.147. The molecule has 3 rings (SSSR count). The molecule has 0 bridgehead atoms. The highest BCUT2D eigenvalue weighted by atomic mass is 16.4. The summed E-state index contributed by atoms with van der Waals surface area (Å²) in [6, 6.07) is 0. The van der Waals surface area contributed by atoms with E-state index in [0.29, 0.717) is 30.9 Å². The van der Waals surface area contributed by atoms with E-state index in [1.54, 1.807) is 23.1 Å². The number of nitrogens with zero attached hydrogens (tertiary/aromatic N) is 4. The zero-order valence-electron chi connectivity index (χ0n) is 10.4. The van der Waals surface area contributed by atoms with Crippen LogP contribution in [0, 0.1) is 5.41 Å². The molecule has 19 heavy (non-hydrogen) atoms. The van der Waals surface area contributed by atoms with Crippen LogP contribution in [0.2, 0.25) is 0 Å². The lowest BCUT2D eigenvalue weighted by Crippen LogP contribution is -2.35. The highest BCUT2D eigenvalue weighted by Crippen LogP contribution is 2.38. The molecule has 1 aliphatic rings. The topological polar surface area (TPSA) is 92.4 Å². The van der Waals surface area contributed by atoms with Gasteiger partial charge in [-0.3, -0.25) is 9.20 Å². The minimum absolute atomic E-state index is 0.377. The molecule has 2 aromatic heterocycles. The first-order valence-electron chi connectivity index (χ1n) is 6.33. The van der Waals surface area contributed by atoms with Crippen molar-refractivity contribution in [1.29, 1.82) is 0 Å². The van der Waals surface area contributed by atoms with E-state index in [0.717, 1.165) is 12.8 Å². The van der Waals surface area contributed by atoms with Gasteiger partial charge in [0.05, 0.1) is 5.41 Å². The van der Waals surface area contributed by atoms with Crippen molar-refractivity contribution in [2.24, 2.45) is 5.41 Å². The van der Waals surface area contributed by atoms with Crippen molar-refractivity contribution in [3.8, 4) is 0 Å². The monoisotopic (exact) mass is 261 g/mol. The molecule has 1 saturated carbocycles. The van der Waals surface area contributed by atoms with E-state index in [-0.39, 0.29) is 0 Å². The van der Waals surface area contributed by atoms with Crippen LogP contribution in [0.15, 0.2) is 18.7 Å². The maximum absolute atomic E-state index is 11.5. The normalized spacial score (nSPS) is 17.7. The van der Waals surface area contributed by atoms with E-state index in [4.69, 9.17) is 0 Å². The number of anilines is 1. The average Bonchev–Trinajstić information content (AvgIpc) is 3.06. The van der Waals surface area contributed by atoms with Crippen LogP contribution in [0.25, 0.3) is 5.65 Å². The summed E-state index contributed by atoms with van der Waals surface area (Å²) < 4.78 is 1.75. The van der Waals surface area contributed by atoms with Crippen molar-refractivity contribution in [3.63, 3.8) is 0 Å². The zero-order chi connectivity index (χ0) is 13.3. The van der Waals surface area contributed by atoms with Crippen molar-refractivity contribution in [2.75, 3.05) is 11.9 Å². The maximum atomic E-state index is 11.5. The Morgan fingerprint density at radius 3 is 3.00 bits per heavy atom. The van der Waals surface area contributed by atoms with Gasteiger partial charge in [0.15, 0.2) is 5.82 Å².